The van der Waals surface area contributed by atoms with Gasteiger partial charge in [0.15, 0.2) is 6.23 Å². The number of fused-ring (bicyclic) bond motifs is 3. The van der Waals surface area contributed by atoms with E-state index in [1.54, 1.807) is 0 Å². The van der Waals surface area contributed by atoms with E-state index < -0.39 is 5.60 Å². The molecule has 2 aliphatic rings. The predicted octanol–water partition coefficient (Wildman–Crippen LogP) is 3.51. The molecule has 3 unspecified atom stereocenters. The Bertz CT molecular complexity index is 540. The van der Waals surface area contributed by atoms with Gasteiger partial charge in [-0.1, -0.05) is 45.9 Å². The van der Waals surface area contributed by atoms with Crippen molar-refractivity contribution >= 4 is 5.69 Å². The van der Waals surface area contributed by atoms with Gasteiger partial charge in [-0.15, -0.1) is 0 Å². The number of anilines is 1. The Kier molecular flexibility index (Phi) is 3.34. The standard InChI is InChI=1S/C18H27NO2/c1-12(2)10-17(3,4)15-11-18(20)13-8-6-7-9-14(13)19(5)16(18)21-15/h6-9,12,15-16,20H,10-11H2,1-5H3. The lowest BCUT2D eigenvalue weighted by molar-refractivity contribution is -0.0620. The first-order valence-corrected chi connectivity index (χ1v) is 7.96. The third-order valence-corrected chi connectivity index (χ3v) is 5.11. The maximum atomic E-state index is 11.3. The minimum absolute atomic E-state index is 0.0734. The van der Waals surface area contributed by atoms with Crippen LogP contribution in [0.15, 0.2) is 24.3 Å². The lowest BCUT2D eigenvalue weighted by atomic mass is 9.75. The first-order chi connectivity index (χ1) is 9.75. The number of rotatable bonds is 3. The highest BCUT2D eigenvalue weighted by molar-refractivity contribution is 5.62. The number of hydrogen-bond donors (Lipinski definition) is 1. The van der Waals surface area contributed by atoms with Crippen LogP contribution in [-0.2, 0) is 10.3 Å². The van der Waals surface area contributed by atoms with Crippen LogP contribution in [0.5, 0.6) is 0 Å². The zero-order valence-corrected chi connectivity index (χ0v) is 13.8. The van der Waals surface area contributed by atoms with E-state index in [1.807, 2.05) is 25.2 Å². The van der Waals surface area contributed by atoms with Gasteiger partial charge in [0, 0.05) is 24.7 Å². The molecule has 1 N–H and O–H groups in total. The van der Waals surface area contributed by atoms with E-state index in [0.29, 0.717) is 12.3 Å². The summed E-state index contributed by atoms with van der Waals surface area (Å²) in [6.07, 6.45) is 1.61. The Labute approximate surface area is 127 Å². The molecular formula is C18H27NO2. The third kappa shape index (κ3) is 2.18. The fourth-order valence-electron chi connectivity index (χ4n) is 4.27. The van der Waals surface area contributed by atoms with Gasteiger partial charge < -0.3 is 14.7 Å². The summed E-state index contributed by atoms with van der Waals surface area (Å²) < 4.78 is 6.32. The van der Waals surface area contributed by atoms with Crippen LogP contribution in [0.2, 0.25) is 0 Å². The summed E-state index contributed by atoms with van der Waals surface area (Å²) in [7, 11) is 2.01. The number of likely N-dealkylation sites (N-methyl/N-ethyl adjacent to an activating group) is 1. The molecule has 0 saturated carbocycles. The average Bonchev–Trinajstić information content (AvgIpc) is 2.84. The van der Waals surface area contributed by atoms with Crippen molar-refractivity contribution in [2.24, 2.45) is 11.3 Å². The van der Waals surface area contributed by atoms with E-state index in [4.69, 9.17) is 4.74 Å². The molecule has 0 radical (unpaired) electrons. The Morgan fingerprint density at radius 1 is 1.38 bits per heavy atom. The Balaban J connectivity index is 1.91. The van der Waals surface area contributed by atoms with E-state index in [9.17, 15) is 5.11 Å². The summed E-state index contributed by atoms with van der Waals surface area (Å²) in [6.45, 7) is 9.00. The van der Waals surface area contributed by atoms with Gasteiger partial charge in [-0.2, -0.15) is 0 Å². The van der Waals surface area contributed by atoms with Crippen molar-refractivity contribution in [2.45, 2.75) is 58.5 Å². The van der Waals surface area contributed by atoms with Crippen molar-refractivity contribution in [3.8, 4) is 0 Å². The molecule has 0 bridgehead atoms. The van der Waals surface area contributed by atoms with Crippen molar-refractivity contribution in [1.29, 1.82) is 0 Å². The zero-order valence-electron chi connectivity index (χ0n) is 13.8. The van der Waals surface area contributed by atoms with Gasteiger partial charge in [-0.25, -0.2) is 0 Å². The first-order valence-electron chi connectivity index (χ1n) is 7.96. The quantitative estimate of drug-likeness (QED) is 0.924. The monoisotopic (exact) mass is 289 g/mol. The summed E-state index contributed by atoms with van der Waals surface area (Å²) >= 11 is 0. The summed E-state index contributed by atoms with van der Waals surface area (Å²) in [4.78, 5) is 2.08. The maximum Gasteiger partial charge on any atom is 0.163 e. The predicted molar refractivity (Wildman–Crippen MR) is 85.3 cm³/mol. The second kappa shape index (κ2) is 4.72. The Hall–Kier alpha value is -1.06. The normalized spacial score (nSPS) is 31.7. The second-order valence-electron chi connectivity index (χ2n) is 7.82. The van der Waals surface area contributed by atoms with Crippen LogP contribution in [-0.4, -0.2) is 24.5 Å². The zero-order chi connectivity index (χ0) is 15.4. The van der Waals surface area contributed by atoms with Crippen molar-refractivity contribution in [3.05, 3.63) is 29.8 Å². The highest BCUT2D eigenvalue weighted by Gasteiger charge is 2.58. The average molecular weight is 289 g/mol. The van der Waals surface area contributed by atoms with Gasteiger partial charge in [0.1, 0.15) is 5.60 Å². The van der Waals surface area contributed by atoms with Crippen LogP contribution in [0.4, 0.5) is 5.69 Å². The Morgan fingerprint density at radius 3 is 2.71 bits per heavy atom. The fourth-order valence-corrected chi connectivity index (χ4v) is 4.27. The van der Waals surface area contributed by atoms with Crippen molar-refractivity contribution in [1.82, 2.24) is 0 Å². The van der Waals surface area contributed by atoms with Crippen LogP contribution in [0, 0.1) is 11.3 Å². The van der Waals surface area contributed by atoms with Crippen molar-refractivity contribution < 1.29 is 9.84 Å². The minimum atomic E-state index is -0.871. The largest absolute Gasteiger partial charge is 0.380 e. The van der Waals surface area contributed by atoms with Gasteiger partial charge in [0.2, 0.25) is 0 Å². The fraction of sp³-hybridized carbons (Fsp3) is 0.667. The second-order valence-corrected chi connectivity index (χ2v) is 7.82. The van der Waals surface area contributed by atoms with Crippen LogP contribution < -0.4 is 4.90 Å². The van der Waals surface area contributed by atoms with Crippen molar-refractivity contribution in [3.63, 3.8) is 0 Å². The van der Waals surface area contributed by atoms with Gasteiger partial charge in [-0.05, 0) is 23.8 Å². The first kappa shape index (κ1) is 14.9. The van der Waals surface area contributed by atoms with E-state index in [2.05, 4.69) is 38.7 Å². The molecule has 0 aliphatic carbocycles. The SMILES string of the molecule is CC(C)CC(C)(C)C1CC2(O)c3ccccc3N(C)C2O1. The van der Waals surface area contributed by atoms with Gasteiger partial charge in [0.25, 0.3) is 0 Å². The molecule has 3 heteroatoms. The number of aliphatic hydroxyl groups is 1. The summed E-state index contributed by atoms with van der Waals surface area (Å²) in [5.74, 6) is 0.628. The highest BCUT2D eigenvalue weighted by Crippen LogP contribution is 2.54. The molecule has 3 rings (SSSR count). The number of nitrogens with zero attached hydrogens (tertiary/aromatic N) is 1. The molecule has 0 amide bonds. The summed E-state index contributed by atoms with van der Waals surface area (Å²) in [6, 6.07) is 8.11. The molecule has 2 heterocycles. The van der Waals surface area contributed by atoms with Gasteiger partial charge in [0.05, 0.1) is 6.10 Å². The molecule has 3 atom stereocenters. The summed E-state index contributed by atoms with van der Waals surface area (Å²) in [5.41, 5.74) is 1.30. The van der Waals surface area contributed by atoms with Crippen LogP contribution in [0.25, 0.3) is 0 Å². The summed E-state index contributed by atoms with van der Waals surface area (Å²) in [5, 5.41) is 11.3. The van der Waals surface area contributed by atoms with E-state index in [0.717, 1.165) is 17.7 Å². The van der Waals surface area contributed by atoms with Gasteiger partial charge in [-0.3, -0.25) is 0 Å². The number of ether oxygens (including phenoxy) is 1. The van der Waals surface area contributed by atoms with Crippen LogP contribution in [0.1, 0.15) is 46.1 Å². The molecule has 116 valence electrons. The van der Waals surface area contributed by atoms with Crippen LogP contribution >= 0.6 is 0 Å². The smallest absolute Gasteiger partial charge is 0.163 e. The molecule has 0 aromatic heterocycles. The van der Waals surface area contributed by atoms with Crippen LogP contribution in [0.3, 0.4) is 0 Å². The highest BCUT2D eigenvalue weighted by atomic mass is 16.5. The Morgan fingerprint density at radius 2 is 2.05 bits per heavy atom. The topological polar surface area (TPSA) is 32.7 Å². The molecule has 1 fully saturated rings. The minimum Gasteiger partial charge on any atom is -0.380 e. The number of benzene rings is 1. The molecule has 1 aromatic carbocycles. The molecule has 1 saturated heterocycles. The molecule has 2 aliphatic heterocycles. The van der Waals surface area contributed by atoms with E-state index >= 15 is 0 Å². The van der Waals surface area contributed by atoms with E-state index in [-0.39, 0.29) is 17.7 Å². The maximum absolute atomic E-state index is 11.3. The number of para-hydroxylation sites is 1. The van der Waals surface area contributed by atoms with E-state index in [1.165, 1.54) is 0 Å². The molecule has 1 aromatic rings. The third-order valence-electron chi connectivity index (χ3n) is 5.11. The number of hydrogen-bond acceptors (Lipinski definition) is 3. The molecule has 3 nitrogen and oxygen atoms in total. The lowest BCUT2D eigenvalue weighted by Gasteiger charge is -2.34. The van der Waals surface area contributed by atoms with Gasteiger partial charge >= 0.3 is 0 Å². The molecule has 21 heavy (non-hydrogen) atoms. The van der Waals surface area contributed by atoms with Crippen molar-refractivity contribution in [2.75, 3.05) is 11.9 Å². The molecular weight excluding hydrogens is 262 g/mol. The lowest BCUT2D eigenvalue weighted by Crippen LogP contribution is -2.39. The molecule has 0 spiro atoms.